The van der Waals surface area contributed by atoms with Gasteiger partial charge < -0.3 is 0 Å². The number of carbonyl (C=O) groups is 1. The lowest BCUT2D eigenvalue weighted by molar-refractivity contribution is -0.117. The normalized spacial score (nSPS) is 12.8. The van der Waals surface area contributed by atoms with Crippen LogP contribution in [0.5, 0.6) is 0 Å². The number of amides is 1. The number of rotatable bonds is 6. The summed E-state index contributed by atoms with van der Waals surface area (Å²) in [5.74, 6) is -0.485. The van der Waals surface area contributed by atoms with Gasteiger partial charge in [-0.2, -0.15) is 4.72 Å². The van der Waals surface area contributed by atoms with Crippen LogP contribution < -0.4 is 10.0 Å². The summed E-state index contributed by atoms with van der Waals surface area (Å²) in [6.07, 6.45) is 0.288. The molecule has 2 rings (SSSR count). The molecule has 1 aromatic heterocycles. The fourth-order valence-electron chi connectivity index (χ4n) is 1.73. The van der Waals surface area contributed by atoms with Crippen molar-refractivity contribution >= 4 is 44.0 Å². The Morgan fingerprint density at radius 2 is 1.96 bits per heavy atom. The topological polar surface area (TPSA) is 101 Å². The van der Waals surface area contributed by atoms with E-state index in [4.69, 9.17) is 11.6 Å². The quantitative estimate of drug-likeness (QED) is 0.807. The van der Waals surface area contributed by atoms with Crippen molar-refractivity contribution in [3.05, 3.63) is 34.3 Å². The summed E-state index contributed by atoms with van der Waals surface area (Å²) in [6.45, 7) is 3.47. The standard InChI is InChI=1S/C13H15ClN4O3S2/c1-3-11(12(19)15-13-17-16-8(2)22-13)18-23(20,21)10-6-4-9(14)5-7-10/h4-7,11,18H,3H2,1-2H3,(H,15,17,19). The summed E-state index contributed by atoms with van der Waals surface area (Å²) < 4.78 is 27.0. The van der Waals surface area contributed by atoms with Crippen LogP contribution in [0.25, 0.3) is 0 Å². The molecular weight excluding hydrogens is 360 g/mol. The lowest BCUT2D eigenvalue weighted by Gasteiger charge is -2.16. The molecule has 124 valence electrons. The Balaban J connectivity index is 2.11. The molecule has 0 radical (unpaired) electrons. The number of sulfonamides is 1. The Kier molecular flexibility index (Phi) is 5.69. The Bertz CT molecular complexity index is 790. The molecular formula is C13H15ClN4O3S2. The third-order valence-electron chi connectivity index (χ3n) is 2.90. The summed E-state index contributed by atoms with van der Waals surface area (Å²) >= 11 is 6.96. The van der Waals surface area contributed by atoms with E-state index in [-0.39, 0.29) is 11.3 Å². The lowest BCUT2D eigenvalue weighted by atomic mass is 10.2. The van der Waals surface area contributed by atoms with Crippen LogP contribution in [0.3, 0.4) is 0 Å². The molecule has 0 aliphatic rings. The van der Waals surface area contributed by atoms with E-state index in [9.17, 15) is 13.2 Å². The van der Waals surface area contributed by atoms with Gasteiger partial charge in [-0.05, 0) is 37.6 Å². The summed E-state index contributed by atoms with van der Waals surface area (Å²) in [7, 11) is -3.82. The van der Waals surface area contributed by atoms with Crippen LogP contribution in [0.1, 0.15) is 18.4 Å². The molecule has 2 N–H and O–H groups in total. The minimum Gasteiger partial charge on any atom is -0.299 e. The first-order valence-electron chi connectivity index (χ1n) is 6.70. The summed E-state index contributed by atoms with van der Waals surface area (Å²) in [5.41, 5.74) is 0. The number of anilines is 1. The van der Waals surface area contributed by atoms with Crippen LogP contribution in [0.4, 0.5) is 5.13 Å². The highest BCUT2D eigenvalue weighted by molar-refractivity contribution is 7.89. The fraction of sp³-hybridized carbons (Fsp3) is 0.308. The highest BCUT2D eigenvalue weighted by Crippen LogP contribution is 2.16. The van der Waals surface area contributed by atoms with E-state index in [0.29, 0.717) is 15.2 Å². The van der Waals surface area contributed by atoms with Crippen LogP contribution in [0, 0.1) is 6.92 Å². The fourth-order valence-corrected chi connectivity index (χ4v) is 3.73. The number of nitrogens with one attached hydrogen (secondary N) is 2. The second-order valence-electron chi connectivity index (χ2n) is 4.65. The smallest absolute Gasteiger partial charge is 0.244 e. The first kappa shape index (κ1) is 17.8. The largest absolute Gasteiger partial charge is 0.299 e. The van der Waals surface area contributed by atoms with E-state index in [1.54, 1.807) is 13.8 Å². The Morgan fingerprint density at radius 1 is 1.30 bits per heavy atom. The molecule has 1 unspecified atom stereocenters. The van der Waals surface area contributed by atoms with E-state index in [0.717, 1.165) is 0 Å². The molecule has 0 aliphatic carbocycles. The number of benzene rings is 1. The molecule has 1 amide bonds. The Hall–Kier alpha value is -1.55. The van der Waals surface area contributed by atoms with Crippen molar-refractivity contribution < 1.29 is 13.2 Å². The molecule has 0 aliphatic heterocycles. The van der Waals surface area contributed by atoms with Crippen molar-refractivity contribution in [3.63, 3.8) is 0 Å². The Labute approximate surface area is 143 Å². The number of aryl methyl sites for hydroxylation is 1. The van der Waals surface area contributed by atoms with E-state index in [1.807, 2.05) is 0 Å². The average molecular weight is 375 g/mol. The summed E-state index contributed by atoms with van der Waals surface area (Å²) in [4.78, 5) is 12.2. The molecule has 1 aromatic carbocycles. The van der Waals surface area contributed by atoms with Crippen LogP contribution in [0.15, 0.2) is 29.2 Å². The van der Waals surface area contributed by atoms with Crippen LogP contribution in [-0.2, 0) is 14.8 Å². The first-order valence-corrected chi connectivity index (χ1v) is 9.38. The van der Waals surface area contributed by atoms with Gasteiger partial charge in [0.25, 0.3) is 0 Å². The van der Waals surface area contributed by atoms with Crippen LogP contribution in [-0.4, -0.2) is 30.6 Å². The van der Waals surface area contributed by atoms with Gasteiger partial charge in [0.2, 0.25) is 21.1 Å². The predicted octanol–water partition coefficient (Wildman–Crippen LogP) is 2.20. The molecule has 1 heterocycles. The molecule has 1 atom stereocenters. The van der Waals surface area contributed by atoms with E-state index >= 15 is 0 Å². The zero-order chi connectivity index (χ0) is 17.0. The minimum absolute atomic E-state index is 0.0416. The zero-order valence-corrected chi connectivity index (χ0v) is 14.8. The van der Waals surface area contributed by atoms with Crippen molar-refractivity contribution in [2.45, 2.75) is 31.2 Å². The zero-order valence-electron chi connectivity index (χ0n) is 12.4. The van der Waals surface area contributed by atoms with Crippen molar-refractivity contribution in [2.75, 3.05) is 5.32 Å². The van der Waals surface area contributed by atoms with Crippen molar-refractivity contribution in [1.82, 2.24) is 14.9 Å². The van der Waals surface area contributed by atoms with E-state index in [1.165, 1.54) is 35.6 Å². The van der Waals surface area contributed by atoms with Gasteiger partial charge in [0.05, 0.1) is 4.90 Å². The first-order chi connectivity index (χ1) is 10.8. The SMILES string of the molecule is CCC(NS(=O)(=O)c1ccc(Cl)cc1)C(=O)Nc1nnc(C)s1. The molecule has 23 heavy (non-hydrogen) atoms. The van der Waals surface area contributed by atoms with Gasteiger partial charge in [-0.15, -0.1) is 10.2 Å². The maximum atomic E-state index is 12.3. The lowest BCUT2D eigenvalue weighted by Crippen LogP contribution is -2.43. The van der Waals surface area contributed by atoms with Crippen LogP contribution >= 0.6 is 22.9 Å². The second-order valence-corrected chi connectivity index (χ2v) is 7.98. The van der Waals surface area contributed by atoms with Gasteiger partial charge in [-0.1, -0.05) is 29.9 Å². The van der Waals surface area contributed by atoms with Gasteiger partial charge in [0, 0.05) is 5.02 Å². The maximum Gasteiger partial charge on any atom is 0.244 e. The number of carbonyl (C=O) groups excluding carboxylic acids is 1. The predicted molar refractivity (Wildman–Crippen MR) is 89.1 cm³/mol. The van der Waals surface area contributed by atoms with Gasteiger partial charge in [-0.3, -0.25) is 10.1 Å². The number of halogens is 1. The van der Waals surface area contributed by atoms with Crippen molar-refractivity contribution in [1.29, 1.82) is 0 Å². The Morgan fingerprint density at radius 3 is 2.48 bits per heavy atom. The summed E-state index contributed by atoms with van der Waals surface area (Å²) in [6, 6.07) is 4.79. The molecule has 0 saturated heterocycles. The van der Waals surface area contributed by atoms with Crippen molar-refractivity contribution in [3.8, 4) is 0 Å². The molecule has 7 nitrogen and oxygen atoms in total. The number of nitrogens with zero attached hydrogens (tertiary/aromatic N) is 2. The van der Waals surface area contributed by atoms with Gasteiger partial charge >= 0.3 is 0 Å². The average Bonchev–Trinajstić information content (AvgIpc) is 2.90. The highest BCUT2D eigenvalue weighted by atomic mass is 35.5. The third-order valence-corrected chi connectivity index (χ3v) is 5.40. The van der Waals surface area contributed by atoms with Crippen molar-refractivity contribution in [2.24, 2.45) is 0 Å². The number of aromatic nitrogens is 2. The maximum absolute atomic E-state index is 12.3. The summed E-state index contributed by atoms with van der Waals surface area (Å²) in [5, 5.41) is 11.6. The molecule has 0 spiro atoms. The van der Waals surface area contributed by atoms with E-state index < -0.39 is 22.0 Å². The number of hydrogen-bond donors (Lipinski definition) is 2. The highest BCUT2D eigenvalue weighted by Gasteiger charge is 2.25. The van der Waals surface area contributed by atoms with Gasteiger partial charge in [0.1, 0.15) is 11.0 Å². The number of hydrogen-bond acceptors (Lipinski definition) is 6. The van der Waals surface area contributed by atoms with Gasteiger partial charge in [0.15, 0.2) is 0 Å². The van der Waals surface area contributed by atoms with Crippen LogP contribution in [0.2, 0.25) is 5.02 Å². The second kappa shape index (κ2) is 7.35. The minimum atomic E-state index is -3.82. The molecule has 10 heteroatoms. The third kappa shape index (κ3) is 4.71. The van der Waals surface area contributed by atoms with E-state index in [2.05, 4.69) is 20.2 Å². The molecule has 0 saturated carbocycles. The molecule has 2 aromatic rings. The molecule has 0 bridgehead atoms. The molecule has 0 fully saturated rings. The van der Waals surface area contributed by atoms with Gasteiger partial charge in [-0.25, -0.2) is 8.42 Å². The monoisotopic (exact) mass is 374 g/mol.